The van der Waals surface area contributed by atoms with Gasteiger partial charge in [0, 0.05) is 12.1 Å². The lowest BCUT2D eigenvalue weighted by Crippen LogP contribution is -2.49. The van der Waals surface area contributed by atoms with Crippen molar-refractivity contribution in [2.24, 2.45) is 0 Å². The molecule has 0 aliphatic carbocycles. The maximum absolute atomic E-state index is 12.5. The Bertz CT molecular complexity index is 562. The van der Waals surface area contributed by atoms with E-state index in [2.05, 4.69) is 27.7 Å². The molecule has 2 fully saturated rings. The first-order valence-corrected chi connectivity index (χ1v) is 9.67. The summed E-state index contributed by atoms with van der Waals surface area (Å²) in [5, 5.41) is 6.54. The van der Waals surface area contributed by atoms with Gasteiger partial charge in [0.2, 0.25) is 5.91 Å². The van der Waals surface area contributed by atoms with E-state index in [0.717, 1.165) is 38.2 Å². The highest BCUT2D eigenvalue weighted by Gasteiger charge is 2.27. The largest absolute Gasteiger partial charge is 0.496 e. The van der Waals surface area contributed by atoms with Crippen molar-refractivity contribution in [3.8, 4) is 5.75 Å². The molecule has 1 aromatic rings. The van der Waals surface area contributed by atoms with Crippen LogP contribution in [0.4, 0.5) is 0 Å². The second-order valence-corrected chi connectivity index (χ2v) is 7.10. The molecule has 3 rings (SSSR count). The molecular weight excluding hydrogens is 385 g/mol. The Morgan fingerprint density at radius 3 is 2.59 bits per heavy atom. The first-order chi connectivity index (χ1) is 12.3. The van der Waals surface area contributed by atoms with Gasteiger partial charge in [-0.15, -0.1) is 24.8 Å². The highest BCUT2D eigenvalue weighted by atomic mass is 35.5. The van der Waals surface area contributed by atoms with E-state index in [9.17, 15) is 4.79 Å². The number of methoxy groups -OCH3 is 1. The van der Waals surface area contributed by atoms with Gasteiger partial charge < -0.3 is 15.4 Å². The lowest BCUT2D eigenvalue weighted by atomic mass is 10.00. The summed E-state index contributed by atoms with van der Waals surface area (Å²) in [7, 11) is 1.72. The summed E-state index contributed by atoms with van der Waals surface area (Å²) in [4.78, 5) is 15.0. The molecule has 2 atom stereocenters. The fraction of sp³-hybridized carbons (Fsp3) is 0.650. The van der Waals surface area contributed by atoms with Crippen LogP contribution in [0.2, 0.25) is 0 Å². The maximum Gasteiger partial charge on any atom is 0.237 e. The predicted octanol–water partition coefficient (Wildman–Crippen LogP) is 3.32. The number of hydrogen-bond acceptors (Lipinski definition) is 4. The van der Waals surface area contributed by atoms with Crippen molar-refractivity contribution in [2.75, 3.05) is 33.3 Å². The minimum absolute atomic E-state index is 0. The molecule has 2 aliphatic rings. The van der Waals surface area contributed by atoms with Gasteiger partial charge in [-0.2, -0.15) is 0 Å². The van der Waals surface area contributed by atoms with Crippen molar-refractivity contribution in [3.05, 3.63) is 29.8 Å². The summed E-state index contributed by atoms with van der Waals surface area (Å²) >= 11 is 0. The number of carbonyl (C=O) groups is 1. The number of nitrogens with zero attached hydrogens (tertiary/aromatic N) is 1. The third kappa shape index (κ3) is 6.53. The minimum atomic E-state index is -0.0339. The van der Waals surface area contributed by atoms with Crippen LogP contribution in [0, 0.1) is 0 Å². The van der Waals surface area contributed by atoms with Crippen LogP contribution in [-0.4, -0.2) is 50.1 Å². The fourth-order valence-corrected chi connectivity index (χ4v) is 4.00. The van der Waals surface area contributed by atoms with Crippen LogP contribution >= 0.6 is 24.8 Å². The maximum atomic E-state index is 12.5. The molecule has 0 saturated carbocycles. The Kier molecular flexibility index (Phi) is 11.1. The number of para-hydroxylation sites is 1. The van der Waals surface area contributed by atoms with Crippen LogP contribution in [0.1, 0.15) is 50.1 Å². The Morgan fingerprint density at radius 2 is 1.93 bits per heavy atom. The summed E-state index contributed by atoms with van der Waals surface area (Å²) in [6, 6.07) is 8.33. The zero-order valence-corrected chi connectivity index (χ0v) is 17.7. The second-order valence-electron chi connectivity index (χ2n) is 7.10. The monoisotopic (exact) mass is 417 g/mol. The van der Waals surface area contributed by atoms with Crippen molar-refractivity contribution in [2.45, 2.75) is 50.6 Å². The minimum Gasteiger partial charge on any atom is -0.496 e. The van der Waals surface area contributed by atoms with E-state index in [1.165, 1.54) is 31.2 Å². The van der Waals surface area contributed by atoms with Crippen molar-refractivity contribution in [1.82, 2.24) is 15.5 Å². The molecule has 0 spiro atoms. The number of likely N-dealkylation sites (tertiary alicyclic amines) is 1. The van der Waals surface area contributed by atoms with Gasteiger partial charge in [-0.05, 0) is 51.4 Å². The van der Waals surface area contributed by atoms with E-state index in [-0.39, 0.29) is 42.8 Å². The van der Waals surface area contributed by atoms with E-state index in [4.69, 9.17) is 4.74 Å². The molecule has 0 radical (unpaired) electrons. The molecule has 0 bridgehead atoms. The highest BCUT2D eigenvalue weighted by Crippen LogP contribution is 2.30. The van der Waals surface area contributed by atoms with Crippen molar-refractivity contribution >= 4 is 30.7 Å². The fourth-order valence-electron chi connectivity index (χ4n) is 4.00. The molecule has 2 heterocycles. The molecule has 2 N–H and O–H groups in total. The molecule has 154 valence electrons. The summed E-state index contributed by atoms with van der Waals surface area (Å²) in [5.74, 6) is 1.04. The Balaban J connectivity index is 0.00000182. The molecule has 1 amide bonds. The van der Waals surface area contributed by atoms with Crippen LogP contribution in [-0.2, 0) is 4.79 Å². The molecule has 27 heavy (non-hydrogen) atoms. The third-order valence-corrected chi connectivity index (χ3v) is 5.43. The number of ether oxygens (including phenoxy) is 1. The summed E-state index contributed by atoms with van der Waals surface area (Å²) in [5.41, 5.74) is 1.17. The van der Waals surface area contributed by atoms with Crippen LogP contribution in [0.25, 0.3) is 0 Å². The first kappa shape index (κ1) is 24.0. The SMILES string of the molecule is COc1ccccc1C(CNC(=O)C1CCCCN1)N1CCCCC1.Cl.Cl. The predicted molar refractivity (Wildman–Crippen MR) is 114 cm³/mol. The van der Waals surface area contributed by atoms with E-state index < -0.39 is 0 Å². The van der Waals surface area contributed by atoms with Crippen molar-refractivity contribution in [1.29, 1.82) is 0 Å². The number of amides is 1. The van der Waals surface area contributed by atoms with Crippen molar-refractivity contribution < 1.29 is 9.53 Å². The van der Waals surface area contributed by atoms with E-state index >= 15 is 0 Å². The van der Waals surface area contributed by atoms with Gasteiger partial charge >= 0.3 is 0 Å². The van der Waals surface area contributed by atoms with Gasteiger partial charge in [0.05, 0.1) is 19.2 Å². The van der Waals surface area contributed by atoms with Gasteiger partial charge in [0.25, 0.3) is 0 Å². The normalized spacial score (nSPS) is 21.3. The molecule has 2 saturated heterocycles. The quantitative estimate of drug-likeness (QED) is 0.744. The first-order valence-electron chi connectivity index (χ1n) is 9.67. The number of hydrogen-bond donors (Lipinski definition) is 2. The number of piperidine rings is 2. The van der Waals surface area contributed by atoms with Crippen molar-refractivity contribution in [3.63, 3.8) is 0 Å². The van der Waals surface area contributed by atoms with E-state index in [0.29, 0.717) is 6.54 Å². The molecule has 2 unspecified atom stereocenters. The average molecular weight is 418 g/mol. The van der Waals surface area contributed by atoms with Gasteiger partial charge in [0.1, 0.15) is 5.75 Å². The number of nitrogens with one attached hydrogen (secondary N) is 2. The standard InChI is InChI=1S/C20H31N3O2.2ClH/c1-25-19-11-4-3-9-16(19)18(23-13-7-2-8-14-23)15-22-20(24)17-10-5-6-12-21-17;;/h3-4,9,11,17-18,21H,2,5-8,10,12-15H2,1H3,(H,22,24);2*1H. The van der Waals surface area contributed by atoms with Crippen LogP contribution in [0.15, 0.2) is 24.3 Å². The topological polar surface area (TPSA) is 53.6 Å². The molecule has 7 heteroatoms. The van der Waals surface area contributed by atoms with Crippen LogP contribution < -0.4 is 15.4 Å². The summed E-state index contributed by atoms with van der Waals surface area (Å²) in [6.07, 6.45) is 6.99. The smallest absolute Gasteiger partial charge is 0.237 e. The van der Waals surface area contributed by atoms with E-state index in [1.807, 2.05) is 12.1 Å². The number of halogens is 2. The summed E-state index contributed by atoms with van der Waals surface area (Å²) < 4.78 is 5.59. The Hall–Kier alpha value is -1.01. The Morgan fingerprint density at radius 1 is 1.19 bits per heavy atom. The molecule has 0 aromatic heterocycles. The lowest BCUT2D eigenvalue weighted by Gasteiger charge is -2.36. The highest BCUT2D eigenvalue weighted by molar-refractivity contribution is 5.85. The zero-order valence-electron chi connectivity index (χ0n) is 16.1. The number of benzene rings is 1. The van der Waals surface area contributed by atoms with Gasteiger partial charge in [-0.3, -0.25) is 9.69 Å². The van der Waals surface area contributed by atoms with Gasteiger partial charge in [-0.25, -0.2) is 0 Å². The number of carbonyl (C=O) groups excluding carboxylic acids is 1. The number of rotatable bonds is 6. The lowest BCUT2D eigenvalue weighted by molar-refractivity contribution is -0.124. The molecular formula is C20H33Cl2N3O2. The molecule has 1 aromatic carbocycles. The Labute approximate surface area is 175 Å². The van der Waals surface area contributed by atoms with Crippen LogP contribution in [0.5, 0.6) is 5.75 Å². The average Bonchev–Trinajstić information content (AvgIpc) is 2.70. The van der Waals surface area contributed by atoms with E-state index in [1.54, 1.807) is 7.11 Å². The van der Waals surface area contributed by atoms with Gasteiger partial charge in [-0.1, -0.05) is 31.0 Å². The molecule has 2 aliphatic heterocycles. The second kappa shape index (κ2) is 12.4. The van der Waals surface area contributed by atoms with Gasteiger partial charge in [0.15, 0.2) is 0 Å². The zero-order chi connectivity index (χ0) is 17.5. The summed E-state index contributed by atoms with van der Waals surface area (Å²) in [6.45, 7) is 3.75. The van der Waals surface area contributed by atoms with Crippen LogP contribution in [0.3, 0.4) is 0 Å². The molecule has 5 nitrogen and oxygen atoms in total. The third-order valence-electron chi connectivity index (χ3n) is 5.43.